The van der Waals surface area contributed by atoms with E-state index >= 15 is 0 Å². The van der Waals surface area contributed by atoms with E-state index in [-0.39, 0.29) is 0 Å². The fraction of sp³-hybridized carbons (Fsp3) is 0.500. The van der Waals surface area contributed by atoms with E-state index in [1.807, 2.05) is 17.8 Å². The number of amides is 2. The van der Waals surface area contributed by atoms with Gasteiger partial charge in [-0.25, -0.2) is 4.98 Å². The zero-order valence-electron chi connectivity index (χ0n) is 14.0. The number of rotatable bonds is 3. The van der Waals surface area contributed by atoms with Crippen molar-refractivity contribution in [1.82, 2.24) is 24.2 Å². The molecule has 128 valence electrons. The van der Waals surface area contributed by atoms with Crippen LogP contribution in [0, 0.1) is 5.92 Å². The molecule has 0 aliphatic carbocycles. The predicted molar refractivity (Wildman–Crippen MR) is 88.1 cm³/mol. The maximum absolute atomic E-state index is 12.3. The fourth-order valence-electron chi connectivity index (χ4n) is 3.01. The van der Waals surface area contributed by atoms with Gasteiger partial charge in [-0.05, 0) is 18.8 Å². The van der Waals surface area contributed by atoms with Crippen LogP contribution in [0.15, 0.2) is 24.8 Å². The van der Waals surface area contributed by atoms with E-state index < -0.39 is 11.8 Å². The van der Waals surface area contributed by atoms with Crippen molar-refractivity contribution in [2.24, 2.45) is 20.0 Å². The van der Waals surface area contributed by atoms with Gasteiger partial charge >= 0.3 is 11.8 Å². The topological polar surface area (TPSA) is 85.0 Å². The molecule has 0 radical (unpaired) electrons. The number of aryl methyl sites for hydroxylation is 2. The molecule has 8 heteroatoms. The number of imidazole rings is 1. The van der Waals surface area contributed by atoms with E-state index in [2.05, 4.69) is 15.4 Å². The second-order valence-corrected chi connectivity index (χ2v) is 6.25. The van der Waals surface area contributed by atoms with Crippen LogP contribution in [0.2, 0.25) is 0 Å². The van der Waals surface area contributed by atoms with Crippen molar-refractivity contribution in [2.45, 2.75) is 19.3 Å². The van der Waals surface area contributed by atoms with Gasteiger partial charge in [-0.15, -0.1) is 0 Å². The highest BCUT2D eigenvalue weighted by molar-refractivity contribution is 6.39. The summed E-state index contributed by atoms with van der Waals surface area (Å²) in [6, 6.07) is 0. The summed E-state index contributed by atoms with van der Waals surface area (Å²) in [4.78, 5) is 30.3. The fourth-order valence-corrected chi connectivity index (χ4v) is 3.01. The average molecular weight is 330 g/mol. The van der Waals surface area contributed by atoms with Crippen LogP contribution in [0.25, 0.3) is 0 Å². The molecule has 1 saturated heterocycles. The first kappa shape index (κ1) is 16.2. The van der Waals surface area contributed by atoms with Gasteiger partial charge in [-0.1, -0.05) is 0 Å². The molecule has 8 nitrogen and oxygen atoms in total. The van der Waals surface area contributed by atoms with Crippen LogP contribution >= 0.6 is 0 Å². The van der Waals surface area contributed by atoms with E-state index in [0.717, 1.165) is 25.1 Å². The van der Waals surface area contributed by atoms with Crippen molar-refractivity contribution in [3.8, 4) is 0 Å². The van der Waals surface area contributed by atoms with Gasteiger partial charge in [-0.3, -0.25) is 14.3 Å². The summed E-state index contributed by atoms with van der Waals surface area (Å²) in [6.45, 7) is 1.21. The zero-order valence-corrected chi connectivity index (χ0v) is 14.0. The Hall–Kier alpha value is -2.64. The lowest BCUT2D eigenvalue weighted by Crippen LogP contribution is -2.44. The second-order valence-electron chi connectivity index (χ2n) is 6.25. The molecule has 1 fully saturated rings. The van der Waals surface area contributed by atoms with Crippen LogP contribution in [-0.4, -0.2) is 49.1 Å². The second kappa shape index (κ2) is 6.86. The lowest BCUT2D eigenvalue weighted by Gasteiger charge is -2.31. The Kier molecular flexibility index (Phi) is 4.64. The van der Waals surface area contributed by atoms with Crippen molar-refractivity contribution in [1.29, 1.82) is 0 Å². The quantitative estimate of drug-likeness (QED) is 0.834. The minimum absolute atomic E-state index is 0.478. The van der Waals surface area contributed by atoms with Gasteiger partial charge in [0.25, 0.3) is 0 Å². The minimum atomic E-state index is -0.606. The maximum atomic E-state index is 12.3. The molecule has 0 bridgehead atoms. The first-order valence-corrected chi connectivity index (χ1v) is 8.08. The Labute approximate surface area is 140 Å². The number of anilines is 1. The van der Waals surface area contributed by atoms with E-state index in [4.69, 9.17) is 0 Å². The smallest absolute Gasteiger partial charge is 0.313 e. The number of carbonyl (C=O) groups excluding carboxylic acids is 2. The Morgan fingerprint density at radius 3 is 2.62 bits per heavy atom. The minimum Gasteiger partial charge on any atom is -0.338 e. The number of aromatic nitrogens is 4. The number of hydrogen-bond acceptors (Lipinski definition) is 4. The first-order chi connectivity index (χ1) is 11.5. The number of nitrogens with zero attached hydrogens (tertiary/aromatic N) is 5. The van der Waals surface area contributed by atoms with Crippen LogP contribution in [0.5, 0.6) is 0 Å². The van der Waals surface area contributed by atoms with Gasteiger partial charge in [0, 0.05) is 52.2 Å². The van der Waals surface area contributed by atoms with Crippen molar-refractivity contribution >= 4 is 17.5 Å². The molecule has 1 N–H and O–H groups in total. The SMILES string of the molecule is Cn1cc(NC(=O)C(=O)N2CCC(Cc3nccn3C)CC2)cn1. The summed E-state index contributed by atoms with van der Waals surface area (Å²) in [7, 11) is 3.74. The number of hydrogen-bond donors (Lipinski definition) is 1. The molecule has 3 rings (SSSR count). The number of carbonyl (C=O) groups is 2. The first-order valence-electron chi connectivity index (χ1n) is 8.08. The van der Waals surface area contributed by atoms with Crippen LogP contribution < -0.4 is 5.32 Å². The van der Waals surface area contributed by atoms with Gasteiger partial charge in [0.2, 0.25) is 0 Å². The van der Waals surface area contributed by atoms with E-state index in [1.54, 1.807) is 29.0 Å². The molecule has 3 heterocycles. The van der Waals surface area contributed by atoms with Gasteiger partial charge in [0.05, 0.1) is 11.9 Å². The summed E-state index contributed by atoms with van der Waals surface area (Å²) < 4.78 is 3.60. The molecular formula is C16H22N6O2. The van der Waals surface area contributed by atoms with E-state index in [0.29, 0.717) is 24.7 Å². The average Bonchev–Trinajstić information content (AvgIpc) is 3.16. The Morgan fingerprint density at radius 2 is 2.04 bits per heavy atom. The Balaban J connectivity index is 1.49. The normalized spacial score (nSPS) is 15.5. The Bertz CT molecular complexity index is 727. The molecule has 0 saturated carbocycles. The van der Waals surface area contributed by atoms with E-state index in [9.17, 15) is 9.59 Å². The molecule has 0 spiro atoms. The molecule has 0 atom stereocenters. The summed E-state index contributed by atoms with van der Waals surface area (Å²) in [6.07, 6.45) is 9.60. The predicted octanol–water partition coefficient (Wildman–Crippen LogP) is 0.573. The summed E-state index contributed by atoms with van der Waals surface area (Å²) in [5.74, 6) is 0.477. The molecule has 1 aliphatic heterocycles. The summed E-state index contributed by atoms with van der Waals surface area (Å²) >= 11 is 0. The number of likely N-dealkylation sites (tertiary alicyclic amines) is 1. The van der Waals surface area contributed by atoms with E-state index in [1.165, 1.54) is 6.20 Å². The molecule has 2 aromatic heterocycles. The molecule has 0 aromatic carbocycles. The maximum Gasteiger partial charge on any atom is 0.313 e. The molecule has 24 heavy (non-hydrogen) atoms. The zero-order chi connectivity index (χ0) is 17.1. The van der Waals surface area contributed by atoms with Crippen LogP contribution in [0.4, 0.5) is 5.69 Å². The number of nitrogens with one attached hydrogen (secondary N) is 1. The number of piperidine rings is 1. The third-order valence-electron chi connectivity index (χ3n) is 4.45. The molecule has 0 unspecified atom stereocenters. The van der Waals surface area contributed by atoms with Crippen LogP contribution in [0.1, 0.15) is 18.7 Å². The lowest BCUT2D eigenvalue weighted by molar-refractivity contribution is -0.144. The highest BCUT2D eigenvalue weighted by Gasteiger charge is 2.27. The lowest BCUT2D eigenvalue weighted by atomic mass is 9.93. The third kappa shape index (κ3) is 3.64. The van der Waals surface area contributed by atoms with Crippen molar-refractivity contribution < 1.29 is 9.59 Å². The van der Waals surface area contributed by atoms with Crippen LogP contribution in [0.3, 0.4) is 0 Å². The largest absolute Gasteiger partial charge is 0.338 e. The third-order valence-corrected chi connectivity index (χ3v) is 4.45. The van der Waals surface area contributed by atoms with Gasteiger partial charge in [0.15, 0.2) is 0 Å². The van der Waals surface area contributed by atoms with Crippen LogP contribution in [-0.2, 0) is 30.1 Å². The van der Waals surface area contributed by atoms with Crippen molar-refractivity contribution in [3.05, 3.63) is 30.6 Å². The molecule has 1 aliphatic rings. The van der Waals surface area contributed by atoms with Gasteiger partial charge in [0.1, 0.15) is 5.82 Å². The summed E-state index contributed by atoms with van der Waals surface area (Å²) in [5.41, 5.74) is 0.528. The molecule has 2 amide bonds. The molecule has 2 aromatic rings. The van der Waals surface area contributed by atoms with Crippen molar-refractivity contribution in [2.75, 3.05) is 18.4 Å². The monoisotopic (exact) mass is 330 g/mol. The highest BCUT2D eigenvalue weighted by Crippen LogP contribution is 2.21. The standard InChI is InChI=1S/C16H22N6O2/c1-20-8-5-17-14(20)9-12-3-6-22(7-4-12)16(24)15(23)19-13-10-18-21(2)11-13/h5,8,10-12H,3-4,6-7,9H2,1-2H3,(H,19,23). The van der Waals surface area contributed by atoms with Gasteiger partial charge in [-0.2, -0.15) is 5.10 Å². The van der Waals surface area contributed by atoms with Crippen molar-refractivity contribution in [3.63, 3.8) is 0 Å². The Morgan fingerprint density at radius 1 is 1.29 bits per heavy atom. The molecular weight excluding hydrogens is 308 g/mol. The highest BCUT2D eigenvalue weighted by atomic mass is 16.2. The summed E-state index contributed by atoms with van der Waals surface area (Å²) in [5, 5.41) is 6.55. The van der Waals surface area contributed by atoms with Gasteiger partial charge < -0.3 is 14.8 Å².